The summed E-state index contributed by atoms with van der Waals surface area (Å²) in [4.78, 5) is 27.7. The maximum Gasteiger partial charge on any atom is 0.347 e. The summed E-state index contributed by atoms with van der Waals surface area (Å²) < 4.78 is 15.9. The van der Waals surface area contributed by atoms with Gasteiger partial charge in [-0.25, -0.2) is 9.78 Å². The lowest BCUT2D eigenvalue weighted by atomic mass is 10.2. The quantitative estimate of drug-likeness (QED) is 0.541. The molecule has 0 saturated carbocycles. The second kappa shape index (κ2) is 6.54. The lowest BCUT2D eigenvalue weighted by Gasteiger charge is -2.09. The summed E-state index contributed by atoms with van der Waals surface area (Å²) in [7, 11) is 0. The average molecular weight is 325 g/mol. The third-order valence-corrected chi connectivity index (χ3v) is 3.28. The fourth-order valence-electron chi connectivity index (χ4n) is 2.32. The zero-order valence-corrected chi connectivity index (χ0v) is 13.2. The Morgan fingerprint density at radius 3 is 2.75 bits per heavy atom. The largest absolute Gasteiger partial charge is 0.493 e. The van der Waals surface area contributed by atoms with Crippen LogP contribution in [0.15, 0.2) is 51.7 Å². The smallest absolute Gasteiger partial charge is 0.347 e. The van der Waals surface area contributed by atoms with Crippen molar-refractivity contribution in [1.29, 1.82) is 0 Å². The second-order valence-corrected chi connectivity index (χ2v) is 5.01. The highest BCUT2D eigenvalue weighted by Crippen LogP contribution is 2.29. The van der Waals surface area contributed by atoms with Gasteiger partial charge >= 0.3 is 11.6 Å². The van der Waals surface area contributed by atoms with Gasteiger partial charge in [-0.1, -0.05) is 12.1 Å². The Morgan fingerprint density at radius 1 is 1.21 bits per heavy atom. The maximum absolute atomic E-state index is 12.3. The highest BCUT2D eigenvalue weighted by molar-refractivity contribution is 5.81. The van der Waals surface area contributed by atoms with Crippen molar-refractivity contribution in [2.45, 2.75) is 13.8 Å². The van der Waals surface area contributed by atoms with Crippen LogP contribution in [0.25, 0.3) is 22.4 Å². The second-order valence-electron chi connectivity index (χ2n) is 5.01. The molecule has 6 nitrogen and oxygen atoms in total. The lowest BCUT2D eigenvalue weighted by molar-refractivity contribution is -0.131. The maximum atomic E-state index is 12.3. The van der Waals surface area contributed by atoms with Crippen LogP contribution >= 0.6 is 0 Å². The number of aromatic nitrogens is 1. The summed E-state index contributed by atoms with van der Waals surface area (Å²) in [5, 5.41) is 0.242. The van der Waals surface area contributed by atoms with Gasteiger partial charge in [0.05, 0.1) is 23.1 Å². The number of esters is 1. The Balaban J connectivity index is 2.12. The van der Waals surface area contributed by atoms with E-state index in [0.29, 0.717) is 23.4 Å². The molecule has 0 aliphatic carbocycles. The van der Waals surface area contributed by atoms with Crippen molar-refractivity contribution >= 4 is 16.9 Å². The monoisotopic (exact) mass is 325 g/mol. The van der Waals surface area contributed by atoms with Gasteiger partial charge in [0.2, 0.25) is 5.89 Å². The molecule has 0 saturated heterocycles. The number of fused-ring (bicyclic) bond motifs is 1. The highest BCUT2D eigenvalue weighted by Gasteiger charge is 2.13. The normalized spacial score (nSPS) is 10.6. The molecule has 0 unspecified atom stereocenters. The zero-order valence-electron chi connectivity index (χ0n) is 13.2. The van der Waals surface area contributed by atoms with Crippen LogP contribution in [0, 0.1) is 0 Å². The van der Waals surface area contributed by atoms with E-state index in [1.54, 1.807) is 24.3 Å². The molecule has 122 valence electrons. The van der Waals surface area contributed by atoms with E-state index in [9.17, 15) is 9.59 Å². The number of hydrogen-bond acceptors (Lipinski definition) is 6. The van der Waals surface area contributed by atoms with Gasteiger partial charge in [-0.05, 0) is 37.3 Å². The Morgan fingerprint density at radius 2 is 2.00 bits per heavy atom. The molecular formula is C18H15NO5. The predicted molar refractivity (Wildman–Crippen MR) is 88.2 cm³/mol. The molecule has 0 atom stereocenters. The first-order valence-corrected chi connectivity index (χ1v) is 7.44. The fraction of sp³-hybridized carbons (Fsp3) is 0.167. The van der Waals surface area contributed by atoms with Crippen LogP contribution < -0.4 is 15.1 Å². The van der Waals surface area contributed by atoms with Gasteiger partial charge in [-0.2, -0.15) is 0 Å². The molecule has 0 bridgehead atoms. The third kappa shape index (κ3) is 3.12. The average Bonchev–Trinajstić information content (AvgIpc) is 2.55. The summed E-state index contributed by atoms with van der Waals surface area (Å²) in [5.74, 6) is 0.573. The topological polar surface area (TPSA) is 78.6 Å². The SMILES string of the molecule is CCOc1ccccc1-c1nc2ccc(OC(C)=O)cc2c(=O)o1. The van der Waals surface area contributed by atoms with E-state index in [2.05, 4.69) is 4.98 Å². The summed E-state index contributed by atoms with van der Waals surface area (Å²) in [6.45, 7) is 3.65. The molecule has 0 spiro atoms. The zero-order chi connectivity index (χ0) is 17.1. The van der Waals surface area contributed by atoms with Crippen molar-refractivity contribution in [3.63, 3.8) is 0 Å². The van der Waals surface area contributed by atoms with E-state index in [0.717, 1.165) is 0 Å². The number of rotatable bonds is 4. The van der Waals surface area contributed by atoms with E-state index in [1.807, 2.05) is 19.1 Å². The van der Waals surface area contributed by atoms with Gasteiger partial charge in [0.1, 0.15) is 11.5 Å². The van der Waals surface area contributed by atoms with E-state index in [1.165, 1.54) is 13.0 Å². The van der Waals surface area contributed by atoms with Crippen LogP contribution in [-0.2, 0) is 4.79 Å². The van der Waals surface area contributed by atoms with E-state index >= 15 is 0 Å². The summed E-state index contributed by atoms with van der Waals surface area (Å²) >= 11 is 0. The first kappa shape index (κ1) is 15.7. The Bertz CT molecular complexity index is 961. The first-order valence-electron chi connectivity index (χ1n) is 7.44. The fourth-order valence-corrected chi connectivity index (χ4v) is 2.32. The molecule has 6 heteroatoms. The third-order valence-electron chi connectivity index (χ3n) is 3.28. The van der Waals surface area contributed by atoms with Crippen molar-refractivity contribution in [2.75, 3.05) is 6.61 Å². The molecule has 0 N–H and O–H groups in total. The van der Waals surface area contributed by atoms with E-state index in [-0.39, 0.29) is 17.0 Å². The van der Waals surface area contributed by atoms with Crippen LogP contribution in [-0.4, -0.2) is 17.6 Å². The van der Waals surface area contributed by atoms with Crippen LogP contribution in [0.5, 0.6) is 11.5 Å². The van der Waals surface area contributed by atoms with Gasteiger partial charge in [0.25, 0.3) is 0 Å². The molecule has 0 radical (unpaired) electrons. The Kier molecular flexibility index (Phi) is 4.29. The number of benzene rings is 2. The molecule has 3 aromatic rings. The number of carbonyl (C=O) groups excluding carboxylic acids is 1. The molecule has 1 aromatic heterocycles. The van der Waals surface area contributed by atoms with Crippen molar-refractivity contribution in [1.82, 2.24) is 4.98 Å². The summed E-state index contributed by atoms with van der Waals surface area (Å²) in [6, 6.07) is 11.8. The summed E-state index contributed by atoms with van der Waals surface area (Å²) in [6.07, 6.45) is 0. The summed E-state index contributed by atoms with van der Waals surface area (Å²) in [5.41, 5.74) is 0.487. The molecule has 0 aliphatic rings. The Labute approximate surface area is 137 Å². The van der Waals surface area contributed by atoms with Crippen molar-refractivity contribution in [2.24, 2.45) is 0 Å². The highest BCUT2D eigenvalue weighted by atomic mass is 16.5. The van der Waals surface area contributed by atoms with Crippen molar-refractivity contribution in [3.8, 4) is 23.0 Å². The van der Waals surface area contributed by atoms with Crippen LogP contribution in [0.1, 0.15) is 13.8 Å². The molecule has 0 amide bonds. The molecular weight excluding hydrogens is 310 g/mol. The number of ether oxygens (including phenoxy) is 2. The number of hydrogen-bond donors (Lipinski definition) is 0. The van der Waals surface area contributed by atoms with Gasteiger partial charge in [0.15, 0.2) is 0 Å². The van der Waals surface area contributed by atoms with Gasteiger partial charge in [0, 0.05) is 6.92 Å². The van der Waals surface area contributed by atoms with Crippen LogP contribution in [0.2, 0.25) is 0 Å². The molecule has 0 fully saturated rings. The van der Waals surface area contributed by atoms with Crippen molar-refractivity contribution < 1.29 is 18.7 Å². The molecule has 0 aliphatic heterocycles. The van der Waals surface area contributed by atoms with Crippen LogP contribution in [0.4, 0.5) is 0 Å². The molecule has 24 heavy (non-hydrogen) atoms. The van der Waals surface area contributed by atoms with Gasteiger partial charge < -0.3 is 13.9 Å². The van der Waals surface area contributed by atoms with Crippen molar-refractivity contribution in [3.05, 3.63) is 52.9 Å². The first-order chi connectivity index (χ1) is 11.6. The Hall–Kier alpha value is -3.15. The van der Waals surface area contributed by atoms with Gasteiger partial charge in [-0.15, -0.1) is 0 Å². The minimum atomic E-state index is -0.560. The minimum Gasteiger partial charge on any atom is -0.493 e. The lowest BCUT2D eigenvalue weighted by Crippen LogP contribution is -2.06. The number of carbonyl (C=O) groups is 1. The molecule has 3 rings (SSSR count). The molecule has 1 heterocycles. The number of nitrogens with zero attached hydrogens (tertiary/aromatic N) is 1. The number of para-hydroxylation sites is 1. The van der Waals surface area contributed by atoms with E-state index in [4.69, 9.17) is 13.9 Å². The predicted octanol–water partition coefficient (Wildman–Crippen LogP) is 3.18. The minimum absolute atomic E-state index is 0.178. The molecule has 2 aromatic carbocycles. The van der Waals surface area contributed by atoms with Crippen LogP contribution in [0.3, 0.4) is 0 Å². The standard InChI is InChI=1S/C18H15NO5/c1-3-22-16-7-5-4-6-13(16)17-19-15-9-8-12(23-11(2)20)10-14(15)18(21)24-17/h4-10H,3H2,1-2H3. The van der Waals surface area contributed by atoms with Gasteiger partial charge in [-0.3, -0.25) is 4.79 Å². The van der Waals surface area contributed by atoms with E-state index < -0.39 is 11.6 Å².